The van der Waals surface area contributed by atoms with Gasteiger partial charge in [0, 0.05) is 44.1 Å². The van der Waals surface area contributed by atoms with E-state index in [1.807, 2.05) is 29.2 Å². The van der Waals surface area contributed by atoms with Crippen LogP contribution in [0.3, 0.4) is 0 Å². The number of aromatic amines is 1. The number of carbonyl (C=O) groups is 2. The molecule has 10 heteroatoms. The first-order valence-corrected chi connectivity index (χ1v) is 11.7. The number of hydrogen-bond donors (Lipinski definition) is 1. The summed E-state index contributed by atoms with van der Waals surface area (Å²) < 4.78 is 18.5. The summed E-state index contributed by atoms with van der Waals surface area (Å²) in [5.41, 5.74) is 2.84. The van der Waals surface area contributed by atoms with Crippen molar-refractivity contribution in [2.75, 3.05) is 26.8 Å². The van der Waals surface area contributed by atoms with Crippen molar-refractivity contribution in [2.24, 2.45) is 0 Å². The number of amides is 1. The summed E-state index contributed by atoms with van der Waals surface area (Å²) in [7, 11) is 1.52. The molecule has 0 atom stereocenters. The minimum absolute atomic E-state index is 0.00106. The van der Waals surface area contributed by atoms with Gasteiger partial charge in [0.2, 0.25) is 17.6 Å². The van der Waals surface area contributed by atoms with Gasteiger partial charge in [0.1, 0.15) is 18.1 Å². The Morgan fingerprint density at radius 3 is 2.46 bits per heavy atom. The zero-order valence-corrected chi connectivity index (χ0v) is 20.2. The standard InChI is InChI=1S/C26H25N5O4.CO/c1-34-16-22(32)31-14-10-17(11-15-31)23-26(28-13-12-27-23)35-19-8-6-18(7-9-19)24(33)25-29-20-4-2-3-5-21(20)30-25;1-2/h2-9,12-13,17H,10-11,14-16H2,1H3,(H,29,30);. The SMILES string of the molecule is COCC(=O)N1CCC(c2nccnc2Oc2ccc(C(=O)c3nc4ccccc4[nH]3)cc2)CC1.[C-]#[O+]. The summed E-state index contributed by atoms with van der Waals surface area (Å²) in [6.45, 7) is 5.88. The first kappa shape index (κ1) is 25.7. The number of ether oxygens (including phenoxy) is 2. The molecule has 0 aliphatic carbocycles. The number of nitrogens with one attached hydrogen (secondary N) is 1. The Labute approximate surface area is 213 Å². The van der Waals surface area contributed by atoms with Gasteiger partial charge in [0.25, 0.3) is 0 Å². The maximum atomic E-state index is 12.9. The summed E-state index contributed by atoms with van der Waals surface area (Å²) in [5, 5.41) is 0. The molecular formula is C27H25N5O5. The molecule has 1 N–H and O–H groups in total. The number of ketones is 1. The van der Waals surface area contributed by atoms with E-state index in [-0.39, 0.29) is 24.2 Å². The van der Waals surface area contributed by atoms with Crippen molar-refractivity contribution < 1.29 is 23.7 Å². The topological polar surface area (TPSA) is 130 Å². The van der Waals surface area contributed by atoms with E-state index in [0.29, 0.717) is 36.1 Å². The van der Waals surface area contributed by atoms with Crippen LogP contribution in [0, 0.1) is 6.65 Å². The molecule has 1 fully saturated rings. The first-order valence-electron chi connectivity index (χ1n) is 11.7. The molecule has 5 rings (SSSR count). The van der Waals surface area contributed by atoms with Crippen LogP contribution in [0.5, 0.6) is 11.6 Å². The molecule has 4 aromatic rings. The quantitative estimate of drug-likeness (QED) is 0.233. The van der Waals surface area contributed by atoms with Gasteiger partial charge in [0.05, 0.1) is 11.0 Å². The normalized spacial score (nSPS) is 13.5. The number of likely N-dealkylation sites (tertiary alicyclic amines) is 1. The van der Waals surface area contributed by atoms with Crippen molar-refractivity contribution in [2.45, 2.75) is 18.8 Å². The predicted molar refractivity (Wildman–Crippen MR) is 132 cm³/mol. The van der Waals surface area contributed by atoms with E-state index in [4.69, 9.17) is 14.1 Å². The number of imidazole rings is 1. The number of fused-ring (bicyclic) bond motifs is 1. The number of rotatable bonds is 7. The fourth-order valence-electron chi connectivity index (χ4n) is 4.29. The molecule has 0 spiro atoms. The van der Waals surface area contributed by atoms with Gasteiger partial charge >= 0.3 is 11.3 Å². The summed E-state index contributed by atoms with van der Waals surface area (Å²) >= 11 is 0. The molecule has 10 nitrogen and oxygen atoms in total. The third kappa shape index (κ3) is 5.90. The van der Waals surface area contributed by atoms with Crippen LogP contribution in [0.15, 0.2) is 60.9 Å². The number of nitrogens with zero attached hydrogens (tertiary/aromatic N) is 4. The van der Waals surface area contributed by atoms with Crippen molar-refractivity contribution in [3.05, 3.63) is 84.7 Å². The predicted octanol–water partition coefficient (Wildman–Crippen LogP) is 3.69. The van der Waals surface area contributed by atoms with Gasteiger partial charge in [-0.05, 0) is 49.2 Å². The minimum atomic E-state index is -0.192. The number of carbonyl (C=O) groups excluding carboxylic acids is 2. The molecule has 188 valence electrons. The average Bonchev–Trinajstić information content (AvgIpc) is 3.39. The number of aromatic nitrogens is 4. The van der Waals surface area contributed by atoms with Crippen molar-refractivity contribution in [1.29, 1.82) is 0 Å². The summed E-state index contributed by atoms with van der Waals surface area (Å²) in [6, 6.07) is 14.4. The molecule has 3 heterocycles. The van der Waals surface area contributed by atoms with Crippen LogP contribution in [0.2, 0.25) is 0 Å². The van der Waals surface area contributed by atoms with Gasteiger partial charge < -0.3 is 19.4 Å². The van der Waals surface area contributed by atoms with Gasteiger partial charge in [0.15, 0.2) is 5.82 Å². The van der Waals surface area contributed by atoms with Crippen LogP contribution >= 0.6 is 0 Å². The van der Waals surface area contributed by atoms with Gasteiger partial charge in [-0.25, -0.2) is 9.97 Å². The van der Waals surface area contributed by atoms with Crippen molar-refractivity contribution in [3.8, 4) is 11.6 Å². The number of hydrogen-bond acceptors (Lipinski definition) is 7. The number of H-pyrrole nitrogens is 1. The van der Waals surface area contributed by atoms with Crippen molar-refractivity contribution in [1.82, 2.24) is 24.8 Å². The van der Waals surface area contributed by atoms with Gasteiger partial charge in [-0.15, -0.1) is 0 Å². The molecule has 0 radical (unpaired) electrons. The molecule has 2 aromatic carbocycles. The second kappa shape index (κ2) is 12.0. The number of para-hydroxylation sites is 2. The van der Waals surface area contributed by atoms with Gasteiger partial charge in [-0.3, -0.25) is 14.6 Å². The van der Waals surface area contributed by atoms with Crippen LogP contribution < -0.4 is 4.74 Å². The fourth-order valence-corrected chi connectivity index (χ4v) is 4.29. The Bertz CT molecular complexity index is 1360. The van der Waals surface area contributed by atoms with E-state index in [2.05, 4.69) is 26.6 Å². The third-order valence-electron chi connectivity index (χ3n) is 6.13. The van der Waals surface area contributed by atoms with Crippen molar-refractivity contribution >= 4 is 22.7 Å². The number of benzene rings is 2. The molecule has 1 aliphatic rings. The van der Waals surface area contributed by atoms with E-state index in [9.17, 15) is 9.59 Å². The zero-order valence-electron chi connectivity index (χ0n) is 20.2. The van der Waals surface area contributed by atoms with E-state index in [0.717, 1.165) is 29.6 Å². The van der Waals surface area contributed by atoms with Gasteiger partial charge in [-0.1, -0.05) is 12.1 Å². The Morgan fingerprint density at radius 1 is 1.05 bits per heavy atom. The Hall–Kier alpha value is -4.37. The Morgan fingerprint density at radius 2 is 1.76 bits per heavy atom. The Kier molecular flexibility index (Phi) is 8.37. The van der Waals surface area contributed by atoms with Crippen LogP contribution in [-0.2, 0) is 14.2 Å². The van der Waals surface area contributed by atoms with Gasteiger partial charge in [-0.2, -0.15) is 0 Å². The fraction of sp³-hybridized carbons (Fsp3) is 0.259. The second-order valence-electron chi connectivity index (χ2n) is 8.39. The summed E-state index contributed by atoms with van der Waals surface area (Å²) in [4.78, 5) is 43.1. The second-order valence-corrected chi connectivity index (χ2v) is 8.39. The molecule has 0 bridgehead atoms. The molecule has 0 saturated carbocycles. The van der Waals surface area contributed by atoms with Crippen molar-refractivity contribution in [3.63, 3.8) is 0 Å². The molecular weight excluding hydrogens is 474 g/mol. The Balaban J connectivity index is 0.00000156. The molecule has 1 saturated heterocycles. The van der Waals surface area contributed by atoms with E-state index >= 15 is 0 Å². The molecule has 2 aromatic heterocycles. The maximum absolute atomic E-state index is 12.9. The van der Waals surface area contributed by atoms with E-state index in [1.165, 1.54) is 7.11 Å². The molecule has 1 amide bonds. The zero-order chi connectivity index (χ0) is 26.2. The first-order chi connectivity index (χ1) is 18.1. The summed E-state index contributed by atoms with van der Waals surface area (Å²) in [5.74, 6) is 1.23. The van der Waals surface area contributed by atoms with Crippen LogP contribution in [0.4, 0.5) is 0 Å². The monoisotopic (exact) mass is 499 g/mol. The van der Waals surface area contributed by atoms with E-state index in [1.54, 1.807) is 36.7 Å². The van der Waals surface area contributed by atoms with E-state index < -0.39 is 0 Å². The number of methoxy groups -OCH3 is 1. The summed E-state index contributed by atoms with van der Waals surface area (Å²) in [6.07, 6.45) is 4.79. The average molecular weight is 500 g/mol. The molecule has 37 heavy (non-hydrogen) atoms. The number of piperidine rings is 1. The molecule has 0 unspecified atom stereocenters. The third-order valence-corrected chi connectivity index (χ3v) is 6.13. The van der Waals surface area contributed by atoms with Crippen LogP contribution in [0.1, 0.15) is 40.6 Å². The van der Waals surface area contributed by atoms with Crippen LogP contribution in [-0.4, -0.2) is 63.3 Å². The van der Waals surface area contributed by atoms with Crippen LogP contribution in [0.25, 0.3) is 11.0 Å². The molecule has 1 aliphatic heterocycles.